The third-order valence-corrected chi connectivity index (χ3v) is 5.21. The predicted octanol–water partition coefficient (Wildman–Crippen LogP) is 1.79. The molecule has 5 rings (SSSR count). The van der Waals surface area contributed by atoms with E-state index in [2.05, 4.69) is 31.0 Å². The molecule has 0 atom stereocenters. The molecule has 0 bridgehead atoms. The van der Waals surface area contributed by atoms with Crippen LogP contribution in [0.15, 0.2) is 47.3 Å². The minimum Gasteiger partial charge on any atom is -0.378 e. The standard InChI is InChI=1S/C20H19N9O/c1-12-8-9-14(10-17(12)29-13(2)22-25-26-29)21-11-18-23-24-20-27(3)19(30)15-6-4-5-7-16(15)28(18)20/h4-10,21H,11H2,1-3H3. The lowest BCUT2D eigenvalue weighted by Gasteiger charge is -2.11. The zero-order chi connectivity index (χ0) is 20.8. The van der Waals surface area contributed by atoms with Gasteiger partial charge >= 0.3 is 0 Å². The molecule has 1 N–H and O–H groups in total. The van der Waals surface area contributed by atoms with Crippen LogP contribution in [0, 0.1) is 13.8 Å². The number of aromatic nitrogens is 8. The van der Waals surface area contributed by atoms with E-state index in [9.17, 15) is 4.79 Å². The van der Waals surface area contributed by atoms with E-state index < -0.39 is 0 Å². The van der Waals surface area contributed by atoms with E-state index in [-0.39, 0.29) is 5.56 Å². The third-order valence-electron chi connectivity index (χ3n) is 5.21. The van der Waals surface area contributed by atoms with Gasteiger partial charge in [-0.2, -0.15) is 4.68 Å². The average molecular weight is 401 g/mol. The van der Waals surface area contributed by atoms with Gasteiger partial charge < -0.3 is 5.32 Å². The number of benzene rings is 2. The highest BCUT2D eigenvalue weighted by atomic mass is 16.1. The Kier molecular flexibility index (Phi) is 4.05. The van der Waals surface area contributed by atoms with Crippen molar-refractivity contribution >= 4 is 22.4 Å². The lowest BCUT2D eigenvalue weighted by molar-refractivity contribution is 0.775. The highest BCUT2D eigenvalue weighted by Gasteiger charge is 2.14. The molecule has 0 saturated carbocycles. The van der Waals surface area contributed by atoms with Gasteiger partial charge in [-0.15, -0.1) is 15.3 Å². The SMILES string of the molecule is Cc1ccc(NCc2nnc3n(C)c(=O)c4ccccc4n23)cc1-n1nnnc1C. The largest absolute Gasteiger partial charge is 0.378 e. The van der Waals surface area contributed by atoms with E-state index >= 15 is 0 Å². The minimum absolute atomic E-state index is 0.0926. The molecule has 0 spiro atoms. The second kappa shape index (κ2) is 6.76. The molecule has 2 aromatic carbocycles. The van der Waals surface area contributed by atoms with Crippen LogP contribution in [0.1, 0.15) is 17.2 Å². The Bertz CT molecular complexity index is 1460. The number of para-hydroxylation sites is 1. The Morgan fingerprint density at radius 1 is 1.03 bits per heavy atom. The summed E-state index contributed by atoms with van der Waals surface area (Å²) in [5.74, 6) is 1.92. The number of hydrogen-bond donors (Lipinski definition) is 1. The number of tetrazole rings is 1. The van der Waals surface area contributed by atoms with Gasteiger partial charge in [0.15, 0.2) is 11.6 Å². The lowest BCUT2D eigenvalue weighted by atomic mass is 10.2. The van der Waals surface area contributed by atoms with Crippen LogP contribution in [-0.2, 0) is 13.6 Å². The summed E-state index contributed by atoms with van der Waals surface area (Å²) in [7, 11) is 1.71. The fraction of sp³-hybridized carbons (Fsp3) is 0.200. The number of fused-ring (bicyclic) bond motifs is 3. The van der Waals surface area contributed by atoms with Crippen LogP contribution in [0.4, 0.5) is 5.69 Å². The number of nitrogens with one attached hydrogen (secondary N) is 1. The summed E-state index contributed by atoms with van der Waals surface area (Å²) in [4.78, 5) is 12.6. The summed E-state index contributed by atoms with van der Waals surface area (Å²) in [6.45, 7) is 4.30. The fourth-order valence-electron chi connectivity index (χ4n) is 3.59. The van der Waals surface area contributed by atoms with Crippen LogP contribution in [0.2, 0.25) is 0 Å². The van der Waals surface area contributed by atoms with Gasteiger partial charge in [-0.3, -0.25) is 13.8 Å². The molecule has 0 aliphatic carbocycles. The van der Waals surface area contributed by atoms with Gasteiger partial charge in [0, 0.05) is 12.7 Å². The van der Waals surface area contributed by atoms with Crippen LogP contribution in [-0.4, -0.2) is 39.4 Å². The number of anilines is 1. The molecular formula is C20H19N9O. The Morgan fingerprint density at radius 3 is 2.67 bits per heavy atom. The zero-order valence-electron chi connectivity index (χ0n) is 16.7. The Balaban J connectivity index is 1.54. The van der Waals surface area contributed by atoms with Crippen LogP contribution < -0.4 is 10.9 Å². The van der Waals surface area contributed by atoms with Gasteiger partial charge in [-0.25, -0.2) is 0 Å². The van der Waals surface area contributed by atoms with E-state index in [0.717, 1.165) is 22.5 Å². The number of rotatable bonds is 4. The van der Waals surface area contributed by atoms with E-state index in [1.54, 1.807) is 11.7 Å². The quantitative estimate of drug-likeness (QED) is 0.489. The first-order valence-electron chi connectivity index (χ1n) is 9.46. The van der Waals surface area contributed by atoms with E-state index in [4.69, 9.17) is 0 Å². The molecule has 10 nitrogen and oxygen atoms in total. The number of hydrogen-bond acceptors (Lipinski definition) is 7. The van der Waals surface area contributed by atoms with Crippen molar-refractivity contribution in [2.24, 2.45) is 7.05 Å². The van der Waals surface area contributed by atoms with Gasteiger partial charge in [0.25, 0.3) is 5.56 Å². The first-order chi connectivity index (χ1) is 14.5. The molecule has 0 unspecified atom stereocenters. The minimum atomic E-state index is -0.0926. The zero-order valence-corrected chi connectivity index (χ0v) is 16.7. The molecule has 0 fully saturated rings. The molecule has 0 amide bonds. The molecule has 150 valence electrons. The van der Waals surface area contributed by atoms with Crippen molar-refractivity contribution in [2.75, 3.05) is 5.32 Å². The average Bonchev–Trinajstić information content (AvgIpc) is 3.38. The molecular weight excluding hydrogens is 382 g/mol. The van der Waals surface area contributed by atoms with Gasteiger partial charge in [-0.1, -0.05) is 18.2 Å². The first kappa shape index (κ1) is 18.0. The molecule has 0 radical (unpaired) electrons. The summed E-state index contributed by atoms with van der Waals surface area (Å²) < 4.78 is 5.13. The van der Waals surface area contributed by atoms with Crippen LogP contribution in [0.5, 0.6) is 0 Å². The predicted molar refractivity (Wildman–Crippen MR) is 112 cm³/mol. The molecule has 0 saturated heterocycles. The van der Waals surface area contributed by atoms with E-state index in [1.165, 1.54) is 4.57 Å². The van der Waals surface area contributed by atoms with Gasteiger partial charge in [0.05, 0.1) is 23.1 Å². The number of aryl methyl sites for hydroxylation is 3. The molecule has 10 heteroatoms. The summed E-state index contributed by atoms with van der Waals surface area (Å²) in [6, 6.07) is 13.5. The van der Waals surface area contributed by atoms with E-state index in [0.29, 0.717) is 29.4 Å². The summed E-state index contributed by atoms with van der Waals surface area (Å²) in [5.41, 5.74) is 3.55. The van der Waals surface area contributed by atoms with E-state index in [1.807, 2.05) is 60.7 Å². The highest BCUT2D eigenvalue weighted by Crippen LogP contribution is 2.20. The molecule has 30 heavy (non-hydrogen) atoms. The monoisotopic (exact) mass is 401 g/mol. The topological polar surface area (TPSA) is 108 Å². The molecule has 5 aromatic rings. The van der Waals surface area contributed by atoms with Crippen molar-refractivity contribution in [3.05, 3.63) is 70.0 Å². The van der Waals surface area contributed by atoms with Gasteiger partial charge in [0.2, 0.25) is 5.78 Å². The van der Waals surface area contributed by atoms with Gasteiger partial charge in [-0.05, 0) is 54.1 Å². The second-order valence-electron chi connectivity index (χ2n) is 7.13. The normalized spacial score (nSPS) is 11.4. The maximum absolute atomic E-state index is 12.6. The van der Waals surface area contributed by atoms with Crippen molar-refractivity contribution in [3.63, 3.8) is 0 Å². The van der Waals surface area contributed by atoms with Crippen molar-refractivity contribution in [1.82, 2.24) is 39.4 Å². The van der Waals surface area contributed by atoms with Crippen molar-refractivity contribution in [2.45, 2.75) is 20.4 Å². The van der Waals surface area contributed by atoms with Crippen LogP contribution >= 0.6 is 0 Å². The third kappa shape index (κ3) is 2.72. The van der Waals surface area contributed by atoms with Crippen molar-refractivity contribution in [1.29, 1.82) is 0 Å². The molecule has 3 heterocycles. The van der Waals surface area contributed by atoms with Crippen molar-refractivity contribution < 1.29 is 0 Å². The summed E-state index contributed by atoms with van der Waals surface area (Å²) >= 11 is 0. The van der Waals surface area contributed by atoms with Crippen LogP contribution in [0.25, 0.3) is 22.4 Å². The van der Waals surface area contributed by atoms with Crippen molar-refractivity contribution in [3.8, 4) is 5.69 Å². The maximum Gasteiger partial charge on any atom is 0.262 e. The maximum atomic E-state index is 12.6. The van der Waals surface area contributed by atoms with Gasteiger partial charge in [0.1, 0.15) is 0 Å². The Hall–Kier alpha value is -4.08. The Labute approximate surface area is 170 Å². The molecule has 0 aliphatic heterocycles. The second-order valence-corrected chi connectivity index (χ2v) is 7.13. The molecule has 0 aliphatic rings. The first-order valence-corrected chi connectivity index (χ1v) is 9.46. The lowest BCUT2D eigenvalue weighted by Crippen LogP contribution is -2.20. The summed E-state index contributed by atoms with van der Waals surface area (Å²) in [6.07, 6.45) is 0. The summed E-state index contributed by atoms with van der Waals surface area (Å²) in [5, 5.41) is 24.3. The number of nitrogens with zero attached hydrogens (tertiary/aromatic N) is 8. The fourth-order valence-corrected chi connectivity index (χ4v) is 3.59. The van der Waals surface area contributed by atoms with Crippen LogP contribution in [0.3, 0.4) is 0 Å². The Morgan fingerprint density at radius 2 is 1.87 bits per heavy atom. The molecule has 3 aromatic heterocycles. The highest BCUT2D eigenvalue weighted by molar-refractivity contribution is 5.80. The smallest absolute Gasteiger partial charge is 0.262 e.